The third kappa shape index (κ3) is 64.8. The molecule has 0 atom stereocenters. The van der Waals surface area contributed by atoms with Crippen LogP contribution in [-0.4, -0.2) is 0 Å². The minimum Gasteiger partial charge on any atom is -0.106 e. The fourth-order valence-electron chi connectivity index (χ4n) is 0.348. The van der Waals surface area contributed by atoms with Crippen molar-refractivity contribution < 1.29 is 0 Å². The van der Waals surface area contributed by atoms with Gasteiger partial charge in [0.05, 0.1) is 0 Å². The molecule has 0 saturated carbocycles. The second-order valence-corrected chi connectivity index (χ2v) is 1.90. The molecule has 0 amide bonds. The Bertz CT molecular complexity index is 84.2. The SMILES string of the molecule is C=C.C=CC=C.C=CCCCC. The monoisotopic (exact) mass is 166 g/mol. The third-order valence-corrected chi connectivity index (χ3v) is 0.928. The molecule has 0 unspecified atom stereocenters. The first-order valence-corrected chi connectivity index (χ1v) is 4.17. The summed E-state index contributed by atoms with van der Waals surface area (Å²) in [5, 5.41) is 0. The molecule has 70 valence electrons. The molecule has 0 N–H and O–H groups in total. The average molecular weight is 166 g/mol. The quantitative estimate of drug-likeness (QED) is 0.327. The van der Waals surface area contributed by atoms with Crippen molar-refractivity contribution in [2.75, 3.05) is 0 Å². The Balaban J connectivity index is -0.000000118. The summed E-state index contributed by atoms with van der Waals surface area (Å²) in [7, 11) is 0. The van der Waals surface area contributed by atoms with Crippen molar-refractivity contribution in [3.63, 3.8) is 0 Å². The van der Waals surface area contributed by atoms with Gasteiger partial charge in [-0.3, -0.25) is 0 Å². The Labute approximate surface area is 78.0 Å². The lowest BCUT2D eigenvalue weighted by molar-refractivity contribution is 0.816. The predicted molar refractivity (Wildman–Crippen MR) is 61.4 cm³/mol. The molecule has 0 aliphatic rings. The van der Waals surface area contributed by atoms with E-state index < -0.39 is 0 Å². The first-order chi connectivity index (χ1) is 5.83. The molecular weight excluding hydrogens is 144 g/mol. The number of hydrogen-bond acceptors (Lipinski definition) is 0. The van der Waals surface area contributed by atoms with Gasteiger partial charge in [0.25, 0.3) is 0 Å². The molecule has 0 fully saturated rings. The molecule has 0 aliphatic carbocycles. The van der Waals surface area contributed by atoms with Crippen molar-refractivity contribution in [3.8, 4) is 0 Å². The van der Waals surface area contributed by atoms with Gasteiger partial charge in [-0.25, -0.2) is 0 Å². The Morgan fingerprint density at radius 3 is 1.50 bits per heavy atom. The molecule has 0 aromatic heterocycles. The normalized spacial score (nSPS) is 6.08. The van der Waals surface area contributed by atoms with Crippen LogP contribution < -0.4 is 0 Å². The Kier molecular flexibility index (Phi) is 46.5. The van der Waals surface area contributed by atoms with Gasteiger partial charge < -0.3 is 0 Å². The van der Waals surface area contributed by atoms with E-state index in [4.69, 9.17) is 0 Å². The smallest absolute Gasteiger partial charge is 0.0354 e. The summed E-state index contributed by atoms with van der Waals surface area (Å²) in [6.07, 6.45) is 9.00. The number of allylic oxidation sites excluding steroid dienone is 3. The summed E-state index contributed by atoms with van der Waals surface area (Å²) in [6.45, 7) is 18.5. The molecule has 0 heterocycles. The lowest BCUT2D eigenvalue weighted by Crippen LogP contribution is -1.61. The molecule has 0 radical (unpaired) electrons. The first kappa shape index (κ1) is 17.2. The van der Waals surface area contributed by atoms with E-state index in [9.17, 15) is 0 Å². The standard InChI is InChI=1S/C6H12.C4H6.C2H4/c1-3-5-6-4-2;1-3-4-2;1-2/h3H,1,4-6H2,2H3;3-4H,1-2H2;1-2H2. The van der Waals surface area contributed by atoms with E-state index in [1.807, 2.05) is 6.08 Å². The molecule has 0 heteroatoms. The third-order valence-electron chi connectivity index (χ3n) is 0.928. The van der Waals surface area contributed by atoms with Crippen LogP contribution in [0.3, 0.4) is 0 Å². The van der Waals surface area contributed by atoms with Gasteiger partial charge in [0.2, 0.25) is 0 Å². The lowest BCUT2D eigenvalue weighted by Gasteiger charge is -1.81. The molecule has 0 rings (SSSR count). The van der Waals surface area contributed by atoms with Crippen LogP contribution in [0.2, 0.25) is 0 Å². The highest BCUT2D eigenvalue weighted by molar-refractivity contribution is 4.88. The highest BCUT2D eigenvalue weighted by atomic mass is 13.8. The van der Waals surface area contributed by atoms with E-state index in [1.54, 1.807) is 12.2 Å². The Morgan fingerprint density at radius 1 is 1.00 bits per heavy atom. The molecule has 12 heavy (non-hydrogen) atoms. The first-order valence-electron chi connectivity index (χ1n) is 4.17. The highest BCUT2D eigenvalue weighted by Gasteiger charge is 1.71. The Hall–Kier alpha value is -1.04. The summed E-state index contributed by atoms with van der Waals surface area (Å²) < 4.78 is 0. The van der Waals surface area contributed by atoms with Gasteiger partial charge in [-0.2, -0.15) is 0 Å². The van der Waals surface area contributed by atoms with E-state index in [0.29, 0.717) is 0 Å². The van der Waals surface area contributed by atoms with E-state index in [0.717, 1.165) is 0 Å². The van der Waals surface area contributed by atoms with Crippen molar-refractivity contribution in [1.29, 1.82) is 0 Å². The summed E-state index contributed by atoms with van der Waals surface area (Å²) in [5.74, 6) is 0. The molecule has 0 aromatic rings. The topological polar surface area (TPSA) is 0 Å². The highest BCUT2D eigenvalue weighted by Crippen LogP contribution is 1.91. The minimum absolute atomic E-state index is 1.18. The zero-order valence-electron chi connectivity index (χ0n) is 8.39. The van der Waals surface area contributed by atoms with Gasteiger partial charge in [-0.15, -0.1) is 19.7 Å². The average Bonchev–Trinajstić information content (AvgIpc) is 2.18. The van der Waals surface area contributed by atoms with Crippen molar-refractivity contribution in [2.45, 2.75) is 26.2 Å². The van der Waals surface area contributed by atoms with Gasteiger partial charge in [0.1, 0.15) is 0 Å². The fraction of sp³-hybridized carbons (Fsp3) is 0.333. The maximum atomic E-state index is 3.60. The number of rotatable bonds is 4. The lowest BCUT2D eigenvalue weighted by atomic mass is 10.3. The number of unbranched alkanes of at least 4 members (excludes halogenated alkanes) is 2. The van der Waals surface area contributed by atoms with Gasteiger partial charge >= 0.3 is 0 Å². The van der Waals surface area contributed by atoms with Gasteiger partial charge in [0.15, 0.2) is 0 Å². The number of hydrogen-bond donors (Lipinski definition) is 0. The van der Waals surface area contributed by atoms with Crippen LogP contribution >= 0.6 is 0 Å². The summed E-state index contributed by atoms with van der Waals surface area (Å²) >= 11 is 0. The van der Waals surface area contributed by atoms with Crippen molar-refractivity contribution >= 4 is 0 Å². The van der Waals surface area contributed by atoms with Crippen LogP contribution in [0.15, 0.2) is 51.1 Å². The summed E-state index contributed by atoms with van der Waals surface area (Å²) in [6, 6.07) is 0. The largest absolute Gasteiger partial charge is 0.106 e. The fourth-order valence-corrected chi connectivity index (χ4v) is 0.348. The van der Waals surface area contributed by atoms with Crippen LogP contribution in [0.4, 0.5) is 0 Å². The summed E-state index contributed by atoms with van der Waals surface area (Å²) in [4.78, 5) is 0. The second-order valence-electron chi connectivity index (χ2n) is 1.90. The zero-order valence-corrected chi connectivity index (χ0v) is 8.39. The summed E-state index contributed by atoms with van der Waals surface area (Å²) in [5.41, 5.74) is 0. The maximum absolute atomic E-state index is 3.60. The van der Waals surface area contributed by atoms with Crippen LogP contribution in [-0.2, 0) is 0 Å². The van der Waals surface area contributed by atoms with E-state index >= 15 is 0 Å². The zero-order chi connectivity index (χ0) is 10.2. The van der Waals surface area contributed by atoms with Crippen LogP contribution in [0.5, 0.6) is 0 Å². The minimum atomic E-state index is 1.18. The second kappa shape index (κ2) is 32.5. The van der Waals surface area contributed by atoms with Gasteiger partial charge in [-0.1, -0.05) is 51.2 Å². The predicted octanol–water partition coefficient (Wildman–Crippen LogP) is 4.52. The molecular formula is C12H22. The Morgan fingerprint density at radius 2 is 1.42 bits per heavy atom. The van der Waals surface area contributed by atoms with E-state index in [1.165, 1.54) is 19.3 Å². The molecule has 0 aliphatic heterocycles. The van der Waals surface area contributed by atoms with Crippen LogP contribution in [0.1, 0.15) is 26.2 Å². The van der Waals surface area contributed by atoms with Crippen LogP contribution in [0, 0.1) is 0 Å². The molecule has 0 spiro atoms. The van der Waals surface area contributed by atoms with Crippen molar-refractivity contribution in [2.24, 2.45) is 0 Å². The van der Waals surface area contributed by atoms with Gasteiger partial charge in [-0.05, 0) is 6.42 Å². The molecule has 0 nitrogen and oxygen atoms in total. The van der Waals surface area contributed by atoms with Gasteiger partial charge in [0, 0.05) is 0 Å². The molecule has 0 aromatic carbocycles. The van der Waals surface area contributed by atoms with E-state index in [-0.39, 0.29) is 0 Å². The molecule has 0 saturated heterocycles. The molecule has 0 bridgehead atoms. The van der Waals surface area contributed by atoms with E-state index in [2.05, 4.69) is 39.8 Å². The maximum Gasteiger partial charge on any atom is -0.0354 e. The van der Waals surface area contributed by atoms with Crippen molar-refractivity contribution in [1.82, 2.24) is 0 Å². The van der Waals surface area contributed by atoms with Crippen LogP contribution in [0.25, 0.3) is 0 Å². The van der Waals surface area contributed by atoms with Crippen molar-refractivity contribution in [3.05, 3.63) is 51.1 Å².